The van der Waals surface area contributed by atoms with E-state index in [1.807, 2.05) is 25.1 Å². The Labute approximate surface area is 150 Å². The minimum Gasteiger partial charge on any atom is -0.351 e. The number of hydrogen-bond donors (Lipinski definition) is 1. The summed E-state index contributed by atoms with van der Waals surface area (Å²) >= 11 is 0. The van der Waals surface area contributed by atoms with Crippen molar-refractivity contribution in [3.63, 3.8) is 0 Å². The van der Waals surface area contributed by atoms with Crippen LogP contribution in [0.25, 0.3) is 0 Å². The SMILES string of the molecule is CCCCCNC(=O)c1cc(C)nc(N(CC)Cc2ccccc2)n1. The van der Waals surface area contributed by atoms with Gasteiger partial charge in [0.1, 0.15) is 5.69 Å². The Morgan fingerprint density at radius 2 is 1.88 bits per heavy atom. The van der Waals surface area contributed by atoms with Crippen LogP contribution >= 0.6 is 0 Å². The molecule has 0 aliphatic heterocycles. The van der Waals surface area contributed by atoms with Crippen LogP contribution < -0.4 is 10.2 Å². The Kier molecular flexibility index (Phi) is 7.38. The molecule has 1 N–H and O–H groups in total. The molecule has 0 aliphatic carbocycles. The van der Waals surface area contributed by atoms with Crippen LogP contribution in [0.4, 0.5) is 5.95 Å². The van der Waals surface area contributed by atoms with Gasteiger partial charge in [0.25, 0.3) is 5.91 Å². The first kappa shape index (κ1) is 18.9. The molecule has 0 aliphatic rings. The zero-order chi connectivity index (χ0) is 18.1. The first-order chi connectivity index (χ1) is 12.1. The molecule has 0 saturated carbocycles. The van der Waals surface area contributed by atoms with Crippen LogP contribution in [-0.2, 0) is 6.54 Å². The van der Waals surface area contributed by atoms with Crippen LogP contribution in [-0.4, -0.2) is 29.0 Å². The lowest BCUT2D eigenvalue weighted by Gasteiger charge is -2.21. The summed E-state index contributed by atoms with van der Waals surface area (Å²) in [5.41, 5.74) is 2.43. The van der Waals surface area contributed by atoms with E-state index < -0.39 is 0 Å². The van der Waals surface area contributed by atoms with Gasteiger partial charge in [-0.15, -0.1) is 0 Å². The number of benzene rings is 1. The standard InChI is InChI=1S/C20H28N4O/c1-4-6-10-13-21-19(25)18-14-16(3)22-20(23-18)24(5-2)15-17-11-8-7-9-12-17/h7-9,11-12,14H,4-6,10,13,15H2,1-3H3,(H,21,25). The summed E-state index contributed by atoms with van der Waals surface area (Å²) in [5, 5.41) is 2.95. The van der Waals surface area contributed by atoms with Crippen LogP contribution in [0.15, 0.2) is 36.4 Å². The minimum atomic E-state index is -0.126. The summed E-state index contributed by atoms with van der Waals surface area (Å²) in [6.07, 6.45) is 3.25. The molecule has 5 nitrogen and oxygen atoms in total. The summed E-state index contributed by atoms with van der Waals surface area (Å²) in [7, 11) is 0. The third-order valence-corrected chi connectivity index (χ3v) is 4.02. The number of nitrogens with one attached hydrogen (secondary N) is 1. The number of unbranched alkanes of at least 4 members (excludes halogenated alkanes) is 2. The van der Waals surface area contributed by atoms with Crippen LogP contribution in [0.2, 0.25) is 0 Å². The van der Waals surface area contributed by atoms with E-state index in [1.54, 1.807) is 6.07 Å². The number of carbonyl (C=O) groups excluding carboxylic acids is 1. The van der Waals surface area contributed by atoms with Gasteiger partial charge in [-0.05, 0) is 31.9 Å². The first-order valence-electron chi connectivity index (χ1n) is 9.06. The number of carbonyl (C=O) groups is 1. The monoisotopic (exact) mass is 340 g/mol. The van der Waals surface area contributed by atoms with Gasteiger partial charge in [0, 0.05) is 25.3 Å². The Morgan fingerprint density at radius 1 is 1.12 bits per heavy atom. The number of rotatable bonds is 9. The molecule has 1 heterocycles. The fourth-order valence-electron chi connectivity index (χ4n) is 2.61. The third-order valence-electron chi connectivity index (χ3n) is 4.02. The summed E-state index contributed by atoms with van der Waals surface area (Å²) in [6, 6.07) is 12.0. The van der Waals surface area contributed by atoms with Gasteiger partial charge in [0.05, 0.1) is 0 Å². The predicted molar refractivity (Wildman–Crippen MR) is 102 cm³/mol. The fraction of sp³-hybridized carbons (Fsp3) is 0.450. The molecule has 2 aromatic rings. The molecule has 1 aromatic heterocycles. The highest BCUT2D eigenvalue weighted by atomic mass is 16.1. The molecule has 0 unspecified atom stereocenters. The van der Waals surface area contributed by atoms with Crippen molar-refractivity contribution in [1.29, 1.82) is 0 Å². The molecular formula is C20H28N4O. The molecule has 0 atom stereocenters. The fourth-order valence-corrected chi connectivity index (χ4v) is 2.61. The smallest absolute Gasteiger partial charge is 0.270 e. The van der Waals surface area contributed by atoms with Crippen molar-refractivity contribution in [1.82, 2.24) is 15.3 Å². The van der Waals surface area contributed by atoms with Crippen LogP contribution in [0.3, 0.4) is 0 Å². The van der Waals surface area contributed by atoms with Crippen molar-refractivity contribution in [2.45, 2.75) is 46.6 Å². The molecule has 0 fully saturated rings. The predicted octanol–water partition coefficient (Wildman–Crippen LogP) is 3.73. The Balaban J connectivity index is 2.11. The molecule has 25 heavy (non-hydrogen) atoms. The Hall–Kier alpha value is -2.43. The zero-order valence-electron chi connectivity index (χ0n) is 15.5. The van der Waals surface area contributed by atoms with Crippen molar-refractivity contribution in [3.05, 3.63) is 53.3 Å². The maximum atomic E-state index is 12.4. The second kappa shape index (κ2) is 9.77. The van der Waals surface area contributed by atoms with Crippen LogP contribution in [0.1, 0.15) is 54.9 Å². The lowest BCUT2D eigenvalue weighted by molar-refractivity contribution is 0.0947. The van der Waals surface area contributed by atoms with E-state index in [-0.39, 0.29) is 5.91 Å². The number of aromatic nitrogens is 2. The molecule has 2 rings (SSSR count). The maximum absolute atomic E-state index is 12.4. The van der Waals surface area contributed by atoms with Crippen LogP contribution in [0.5, 0.6) is 0 Å². The number of aryl methyl sites for hydroxylation is 1. The van der Waals surface area contributed by atoms with E-state index in [0.717, 1.165) is 38.0 Å². The molecule has 1 aromatic carbocycles. The van der Waals surface area contributed by atoms with Crippen molar-refractivity contribution < 1.29 is 4.79 Å². The molecular weight excluding hydrogens is 312 g/mol. The van der Waals surface area contributed by atoms with E-state index in [4.69, 9.17) is 0 Å². The normalized spacial score (nSPS) is 10.5. The number of amides is 1. The van der Waals surface area contributed by atoms with Crippen molar-refractivity contribution in [2.24, 2.45) is 0 Å². The van der Waals surface area contributed by atoms with Crippen molar-refractivity contribution in [3.8, 4) is 0 Å². The van der Waals surface area contributed by atoms with E-state index in [9.17, 15) is 4.79 Å². The van der Waals surface area contributed by atoms with Gasteiger partial charge in [0.15, 0.2) is 0 Å². The van der Waals surface area contributed by atoms with Gasteiger partial charge in [0.2, 0.25) is 5.95 Å². The van der Waals surface area contributed by atoms with Gasteiger partial charge in [-0.3, -0.25) is 4.79 Å². The van der Waals surface area contributed by atoms with Gasteiger partial charge in [-0.1, -0.05) is 50.1 Å². The molecule has 0 spiro atoms. The van der Waals surface area contributed by atoms with Crippen LogP contribution in [0, 0.1) is 6.92 Å². The first-order valence-corrected chi connectivity index (χ1v) is 9.06. The third kappa shape index (κ3) is 5.85. The average Bonchev–Trinajstić information content (AvgIpc) is 2.63. The average molecular weight is 340 g/mol. The highest BCUT2D eigenvalue weighted by Crippen LogP contribution is 2.14. The second-order valence-corrected chi connectivity index (χ2v) is 6.16. The van der Waals surface area contributed by atoms with E-state index in [2.05, 4.69) is 46.2 Å². The Morgan fingerprint density at radius 3 is 2.56 bits per heavy atom. The minimum absolute atomic E-state index is 0.126. The zero-order valence-corrected chi connectivity index (χ0v) is 15.5. The van der Waals surface area contributed by atoms with Gasteiger partial charge < -0.3 is 10.2 Å². The molecule has 1 amide bonds. The maximum Gasteiger partial charge on any atom is 0.270 e. The van der Waals surface area contributed by atoms with Crippen molar-refractivity contribution >= 4 is 11.9 Å². The number of hydrogen-bond acceptors (Lipinski definition) is 4. The summed E-state index contributed by atoms with van der Waals surface area (Å²) in [5.74, 6) is 0.476. The number of anilines is 1. The molecule has 134 valence electrons. The van der Waals surface area contributed by atoms with E-state index in [0.29, 0.717) is 18.2 Å². The highest BCUT2D eigenvalue weighted by molar-refractivity contribution is 5.92. The summed E-state index contributed by atoms with van der Waals surface area (Å²) < 4.78 is 0. The van der Waals surface area contributed by atoms with Gasteiger partial charge in [-0.2, -0.15) is 0 Å². The number of nitrogens with zero attached hydrogens (tertiary/aromatic N) is 3. The molecule has 0 saturated heterocycles. The largest absolute Gasteiger partial charge is 0.351 e. The second-order valence-electron chi connectivity index (χ2n) is 6.16. The quantitative estimate of drug-likeness (QED) is 0.707. The summed E-state index contributed by atoms with van der Waals surface area (Å²) in [4.78, 5) is 23.5. The molecule has 0 radical (unpaired) electrons. The van der Waals surface area contributed by atoms with E-state index in [1.165, 1.54) is 5.56 Å². The highest BCUT2D eigenvalue weighted by Gasteiger charge is 2.14. The molecule has 0 bridgehead atoms. The Bertz CT molecular complexity index is 673. The van der Waals surface area contributed by atoms with Gasteiger partial charge >= 0.3 is 0 Å². The lowest BCUT2D eigenvalue weighted by Crippen LogP contribution is -2.28. The van der Waals surface area contributed by atoms with E-state index >= 15 is 0 Å². The lowest BCUT2D eigenvalue weighted by atomic mass is 10.2. The topological polar surface area (TPSA) is 58.1 Å². The summed E-state index contributed by atoms with van der Waals surface area (Å²) in [6.45, 7) is 8.29. The van der Waals surface area contributed by atoms with Gasteiger partial charge in [-0.25, -0.2) is 9.97 Å². The molecule has 5 heteroatoms. The van der Waals surface area contributed by atoms with Crippen molar-refractivity contribution in [2.75, 3.05) is 18.0 Å².